The van der Waals surface area contributed by atoms with Gasteiger partial charge >= 0.3 is 0 Å². The first-order chi connectivity index (χ1) is 27.1. The van der Waals surface area contributed by atoms with Crippen molar-refractivity contribution in [3.05, 3.63) is 121 Å². The number of hydrogen-bond donors (Lipinski definition) is 2. The predicted molar refractivity (Wildman–Crippen MR) is 221 cm³/mol. The average molecular weight is 763 g/mol. The maximum absolute atomic E-state index is 9.91. The molecule has 6 atom stereocenters. The van der Waals surface area contributed by atoms with Gasteiger partial charge in [-0.3, -0.25) is 4.98 Å². The fourth-order valence-electron chi connectivity index (χ4n) is 8.92. The van der Waals surface area contributed by atoms with Gasteiger partial charge in [0.25, 0.3) is 0 Å². The number of pyridine rings is 1. The summed E-state index contributed by atoms with van der Waals surface area (Å²) in [4.78, 5) is 10.1. The Hall–Kier alpha value is -4.15. The van der Waals surface area contributed by atoms with Crippen molar-refractivity contribution in [3.8, 4) is 17.2 Å². The van der Waals surface area contributed by atoms with Crippen LogP contribution in [0.5, 0.6) is 17.2 Å². The summed E-state index contributed by atoms with van der Waals surface area (Å²) in [6.45, 7) is 7.17. The lowest BCUT2D eigenvalue weighted by Gasteiger charge is -2.58. The van der Waals surface area contributed by atoms with E-state index in [0.29, 0.717) is 19.6 Å². The number of nitrogens with zero attached hydrogens (tertiary/aromatic N) is 2. The van der Waals surface area contributed by atoms with Crippen molar-refractivity contribution >= 4 is 28.2 Å². The van der Waals surface area contributed by atoms with Crippen LogP contribution in [-0.2, 0) is 16.0 Å². The number of aryl methyl sites for hydroxylation is 1. The molecule has 8 nitrogen and oxygen atoms in total. The largest absolute Gasteiger partial charge is 0.460 e. The summed E-state index contributed by atoms with van der Waals surface area (Å²) in [6, 6.07) is 24.9. The van der Waals surface area contributed by atoms with Crippen LogP contribution in [0.2, 0.25) is 0 Å². The molecule has 55 heavy (non-hydrogen) atoms. The van der Waals surface area contributed by atoms with Crippen LogP contribution in [0.15, 0.2) is 115 Å². The van der Waals surface area contributed by atoms with Crippen molar-refractivity contribution in [1.29, 1.82) is 0 Å². The van der Waals surface area contributed by atoms with E-state index >= 15 is 0 Å². The van der Waals surface area contributed by atoms with Crippen LogP contribution >= 0.6 is 11.8 Å². The average Bonchev–Trinajstić information content (AvgIpc) is 3.21. The number of oxime groups is 1. The van der Waals surface area contributed by atoms with E-state index in [1.165, 1.54) is 10.9 Å². The van der Waals surface area contributed by atoms with Gasteiger partial charge in [0.05, 0.1) is 23.5 Å². The summed E-state index contributed by atoms with van der Waals surface area (Å²) in [5.41, 5.74) is 4.42. The van der Waals surface area contributed by atoms with Gasteiger partial charge in [0, 0.05) is 43.5 Å². The molecule has 6 unspecified atom stereocenters. The summed E-state index contributed by atoms with van der Waals surface area (Å²) in [7, 11) is 0. The van der Waals surface area contributed by atoms with Crippen LogP contribution in [0.3, 0.4) is 0 Å². The second-order valence-electron chi connectivity index (χ2n) is 14.8. The molecule has 1 aliphatic heterocycles. The number of aromatic nitrogens is 1. The Balaban J connectivity index is 1.35. The number of benzene rings is 3. The van der Waals surface area contributed by atoms with Crippen LogP contribution in [0.1, 0.15) is 68.9 Å². The van der Waals surface area contributed by atoms with Crippen molar-refractivity contribution in [3.63, 3.8) is 0 Å². The molecule has 9 heteroatoms. The fraction of sp³-hybridized carbons (Fsp3) is 0.435. The predicted octanol–water partition coefficient (Wildman–Crippen LogP) is 9.66. The van der Waals surface area contributed by atoms with E-state index in [1.807, 2.05) is 61.4 Å². The minimum Gasteiger partial charge on any atom is -0.460 e. The quantitative estimate of drug-likeness (QED) is 0.0554. The van der Waals surface area contributed by atoms with E-state index in [1.54, 1.807) is 0 Å². The molecule has 0 spiro atoms. The molecule has 0 amide bonds. The number of thioether (sulfide) groups is 1. The Bertz CT molecular complexity index is 1950. The minimum absolute atomic E-state index is 0.00182. The Kier molecular flexibility index (Phi) is 13.3. The zero-order chi connectivity index (χ0) is 38.0. The molecule has 1 saturated carbocycles. The molecule has 1 fully saturated rings. The van der Waals surface area contributed by atoms with Crippen molar-refractivity contribution in [2.24, 2.45) is 22.9 Å². The van der Waals surface area contributed by atoms with Gasteiger partial charge in [0.1, 0.15) is 23.9 Å². The summed E-state index contributed by atoms with van der Waals surface area (Å²) < 4.78 is 21.0. The van der Waals surface area contributed by atoms with Crippen LogP contribution in [0.25, 0.3) is 10.8 Å². The van der Waals surface area contributed by atoms with Crippen LogP contribution in [-0.4, -0.2) is 64.1 Å². The molecular formula is C46H54N2O6S. The SMILES string of the molecule is C=CCOC12Oc3ccc(Oc4ccc5ccccc5c4)cc3C3C(CCCCO)C(CCCCO)C=C(C(=NOCC)CC1SCCc1ccncc1)C32. The highest BCUT2D eigenvalue weighted by molar-refractivity contribution is 8.00. The zero-order valence-corrected chi connectivity index (χ0v) is 32.7. The maximum Gasteiger partial charge on any atom is 0.230 e. The fourth-order valence-corrected chi connectivity index (χ4v) is 10.3. The lowest BCUT2D eigenvalue weighted by atomic mass is 9.56. The summed E-state index contributed by atoms with van der Waals surface area (Å²) in [6.07, 6.45) is 14.6. The third-order valence-electron chi connectivity index (χ3n) is 11.3. The molecule has 2 heterocycles. The maximum atomic E-state index is 9.91. The number of allylic oxidation sites excluding steroid dienone is 1. The van der Waals surface area contributed by atoms with Gasteiger partial charge in [-0.2, -0.15) is 11.8 Å². The highest BCUT2D eigenvalue weighted by Crippen LogP contribution is 2.62. The molecule has 3 aliphatic rings. The molecule has 1 aromatic heterocycles. The molecule has 2 aliphatic carbocycles. The molecular weight excluding hydrogens is 709 g/mol. The number of unbranched alkanes of at least 4 members (excludes halogenated alkanes) is 2. The van der Waals surface area contributed by atoms with Crippen molar-refractivity contribution in [2.75, 3.05) is 32.2 Å². The number of ether oxygens (including phenoxy) is 3. The summed E-state index contributed by atoms with van der Waals surface area (Å²) in [5, 5.41) is 26.7. The first kappa shape index (κ1) is 39.1. The lowest BCUT2D eigenvalue weighted by molar-refractivity contribution is -0.223. The first-order valence-electron chi connectivity index (χ1n) is 20.0. The first-order valence-corrected chi connectivity index (χ1v) is 21.0. The standard InChI is InChI=1S/C46H54N2O6S/c1-3-26-51-46-43(55-27-21-32-19-22-47-23-20-32)31-41(48-52-4-2)39-29-35(13-7-9-24-49)38(14-8-10-25-50)44(45(39)46)40-30-37(17-18-42(40)54-46)53-36-16-15-33-11-5-6-12-34(33)28-36/h3,5-6,11-12,15-20,22-23,28-30,35,38,43-45,49-50H,1,4,7-10,13-14,21,24-27,31H2,2H3. The number of aliphatic hydroxyl groups is 2. The van der Waals surface area contributed by atoms with Gasteiger partial charge in [-0.25, -0.2) is 0 Å². The van der Waals surface area contributed by atoms with Gasteiger partial charge in [-0.15, -0.1) is 6.58 Å². The number of fused-ring (bicyclic) bond motifs is 3. The topological polar surface area (TPSA) is 103 Å². The van der Waals surface area contributed by atoms with E-state index in [9.17, 15) is 10.2 Å². The van der Waals surface area contributed by atoms with E-state index in [0.717, 1.165) is 90.2 Å². The molecule has 0 bridgehead atoms. The second-order valence-corrected chi connectivity index (χ2v) is 16.1. The van der Waals surface area contributed by atoms with E-state index in [2.05, 4.69) is 66.2 Å². The molecule has 3 aromatic carbocycles. The summed E-state index contributed by atoms with van der Waals surface area (Å²) in [5.74, 6) is 2.46. The third kappa shape index (κ3) is 8.65. The highest BCUT2D eigenvalue weighted by atomic mass is 32.2. The Labute approximate surface area is 329 Å². The highest BCUT2D eigenvalue weighted by Gasteiger charge is 2.64. The number of hydrogen-bond acceptors (Lipinski definition) is 9. The van der Waals surface area contributed by atoms with Gasteiger partial charge < -0.3 is 29.3 Å². The molecule has 0 radical (unpaired) electrons. The van der Waals surface area contributed by atoms with Gasteiger partial charge in [-0.05, 0) is 121 Å². The molecule has 2 N–H and O–H groups in total. The van der Waals surface area contributed by atoms with Crippen molar-refractivity contribution in [1.82, 2.24) is 4.98 Å². The van der Waals surface area contributed by atoms with Gasteiger partial charge in [0.2, 0.25) is 5.79 Å². The normalized spacial score (nSPS) is 24.7. The monoisotopic (exact) mass is 762 g/mol. The Morgan fingerprint density at radius 2 is 1.71 bits per heavy atom. The third-order valence-corrected chi connectivity index (χ3v) is 12.7. The van der Waals surface area contributed by atoms with Gasteiger partial charge in [0.15, 0.2) is 0 Å². The zero-order valence-electron chi connectivity index (χ0n) is 31.9. The Morgan fingerprint density at radius 3 is 2.49 bits per heavy atom. The molecule has 0 saturated heterocycles. The van der Waals surface area contributed by atoms with Crippen LogP contribution in [0, 0.1) is 17.8 Å². The van der Waals surface area contributed by atoms with Crippen LogP contribution < -0.4 is 9.47 Å². The van der Waals surface area contributed by atoms with Gasteiger partial charge in [-0.1, -0.05) is 60.5 Å². The van der Waals surface area contributed by atoms with E-state index < -0.39 is 5.79 Å². The lowest BCUT2D eigenvalue weighted by Crippen LogP contribution is -2.64. The molecule has 4 aromatic rings. The van der Waals surface area contributed by atoms with E-state index in [4.69, 9.17) is 24.2 Å². The minimum atomic E-state index is -1.00. The van der Waals surface area contributed by atoms with Crippen molar-refractivity contribution < 1.29 is 29.3 Å². The second kappa shape index (κ2) is 18.7. The molecule has 290 valence electrons. The molecule has 7 rings (SSSR count). The van der Waals surface area contributed by atoms with E-state index in [-0.39, 0.29) is 42.1 Å². The van der Waals surface area contributed by atoms with Crippen molar-refractivity contribution in [2.45, 2.75) is 75.2 Å². The number of rotatable bonds is 19. The Morgan fingerprint density at radius 1 is 0.945 bits per heavy atom. The summed E-state index contributed by atoms with van der Waals surface area (Å²) >= 11 is 1.87. The van der Waals surface area contributed by atoms with Crippen LogP contribution in [0.4, 0.5) is 0 Å². The number of aliphatic hydroxyl groups excluding tert-OH is 2. The smallest absolute Gasteiger partial charge is 0.230 e.